The van der Waals surface area contributed by atoms with Gasteiger partial charge < -0.3 is 20.7 Å². The van der Waals surface area contributed by atoms with Gasteiger partial charge in [0.2, 0.25) is 0 Å². The van der Waals surface area contributed by atoms with Crippen molar-refractivity contribution in [1.29, 1.82) is 0 Å². The van der Waals surface area contributed by atoms with Crippen molar-refractivity contribution in [1.82, 2.24) is 16.0 Å². The highest BCUT2D eigenvalue weighted by atomic mass is 127. The van der Waals surface area contributed by atoms with Crippen LogP contribution in [0.25, 0.3) is 0 Å². The topological polar surface area (TPSA) is 74.8 Å². The van der Waals surface area contributed by atoms with Crippen LogP contribution in [0.1, 0.15) is 47.5 Å². The van der Waals surface area contributed by atoms with Gasteiger partial charge >= 0.3 is 6.09 Å². The fraction of sp³-hybridized carbons (Fsp3) is 0.867. The lowest BCUT2D eigenvalue weighted by molar-refractivity contribution is 0.0527. The summed E-state index contributed by atoms with van der Waals surface area (Å²) in [6, 6.07) is 0.558. The van der Waals surface area contributed by atoms with Crippen molar-refractivity contribution >= 4 is 36.0 Å². The third kappa shape index (κ3) is 10.1. The largest absolute Gasteiger partial charge is 0.444 e. The van der Waals surface area contributed by atoms with E-state index in [-0.39, 0.29) is 30.1 Å². The molecule has 3 N–H and O–H groups in total. The van der Waals surface area contributed by atoms with E-state index in [0.717, 1.165) is 24.8 Å². The van der Waals surface area contributed by atoms with Gasteiger partial charge in [-0.1, -0.05) is 6.92 Å². The smallest absolute Gasteiger partial charge is 0.407 e. The van der Waals surface area contributed by atoms with Crippen molar-refractivity contribution in [3.05, 3.63) is 0 Å². The molecule has 0 spiro atoms. The average molecular weight is 426 g/mol. The number of alkyl carbamates (subject to hydrolysis) is 1. The Balaban J connectivity index is 0.00000441. The monoisotopic (exact) mass is 426 g/mol. The van der Waals surface area contributed by atoms with Gasteiger partial charge in [0.1, 0.15) is 5.60 Å². The first-order valence-corrected chi connectivity index (χ1v) is 7.83. The van der Waals surface area contributed by atoms with Crippen molar-refractivity contribution in [2.24, 2.45) is 10.9 Å². The van der Waals surface area contributed by atoms with E-state index < -0.39 is 5.60 Å². The van der Waals surface area contributed by atoms with Crippen LogP contribution >= 0.6 is 24.0 Å². The summed E-state index contributed by atoms with van der Waals surface area (Å²) in [5, 5.41) is 9.37. The summed E-state index contributed by atoms with van der Waals surface area (Å²) in [7, 11) is 0. The SMILES string of the molecule is CCNC(=NCCCNC(=O)OC(C)(C)C)NC1CC1C.I. The number of hydrogen-bond donors (Lipinski definition) is 3. The molecule has 1 fully saturated rings. The summed E-state index contributed by atoms with van der Waals surface area (Å²) in [6.45, 7) is 11.9. The van der Waals surface area contributed by atoms with Gasteiger partial charge in [-0.05, 0) is 46.5 Å². The van der Waals surface area contributed by atoms with Crippen LogP contribution in [0.3, 0.4) is 0 Å². The highest BCUT2D eigenvalue weighted by molar-refractivity contribution is 14.0. The third-order valence-electron chi connectivity index (χ3n) is 3.05. The standard InChI is InChI=1S/C15H30N4O2.HI/c1-6-16-13(19-12-10-11(12)2)17-8-7-9-18-14(20)21-15(3,4)5;/h11-12H,6-10H2,1-5H3,(H,18,20)(H2,16,17,19);1H. The van der Waals surface area contributed by atoms with E-state index in [1.54, 1.807) is 0 Å². The molecule has 1 saturated carbocycles. The van der Waals surface area contributed by atoms with Crippen LogP contribution in [0.5, 0.6) is 0 Å². The van der Waals surface area contributed by atoms with Crippen LogP contribution in [-0.4, -0.2) is 43.3 Å². The van der Waals surface area contributed by atoms with Crippen molar-refractivity contribution < 1.29 is 9.53 Å². The molecule has 22 heavy (non-hydrogen) atoms. The maximum atomic E-state index is 11.5. The van der Waals surface area contributed by atoms with Crippen molar-refractivity contribution in [2.45, 2.75) is 59.1 Å². The molecule has 1 aliphatic carbocycles. The van der Waals surface area contributed by atoms with Crippen LogP contribution in [0.2, 0.25) is 0 Å². The fourth-order valence-corrected chi connectivity index (χ4v) is 1.79. The van der Waals surface area contributed by atoms with Crippen LogP contribution < -0.4 is 16.0 Å². The Morgan fingerprint density at radius 3 is 2.45 bits per heavy atom. The first-order chi connectivity index (χ1) is 9.81. The van der Waals surface area contributed by atoms with E-state index in [0.29, 0.717) is 19.1 Å². The molecule has 0 aromatic carbocycles. The number of halogens is 1. The van der Waals surface area contributed by atoms with Gasteiger partial charge in [0, 0.05) is 25.7 Å². The predicted octanol–water partition coefficient (Wildman–Crippen LogP) is 2.48. The number of rotatable bonds is 6. The molecular formula is C15H31IN4O2. The van der Waals surface area contributed by atoms with E-state index in [9.17, 15) is 4.79 Å². The van der Waals surface area contributed by atoms with Crippen LogP contribution in [0.4, 0.5) is 4.79 Å². The summed E-state index contributed by atoms with van der Waals surface area (Å²) in [6.07, 6.45) is 1.63. The van der Waals surface area contributed by atoms with Gasteiger partial charge in [-0.2, -0.15) is 0 Å². The Morgan fingerprint density at radius 2 is 1.95 bits per heavy atom. The minimum Gasteiger partial charge on any atom is -0.444 e. The lowest BCUT2D eigenvalue weighted by Crippen LogP contribution is -2.39. The number of guanidine groups is 1. The van der Waals surface area contributed by atoms with Crippen molar-refractivity contribution in [2.75, 3.05) is 19.6 Å². The molecular weight excluding hydrogens is 395 g/mol. The third-order valence-corrected chi connectivity index (χ3v) is 3.05. The number of nitrogens with zero attached hydrogens (tertiary/aromatic N) is 1. The predicted molar refractivity (Wildman–Crippen MR) is 101 cm³/mol. The molecule has 0 heterocycles. The van der Waals surface area contributed by atoms with Gasteiger partial charge in [-0.3, -0.25) is 4.99 Å². The molecule has 1 amide bonds. The maximum Gasteiger partial charge on any atom is 0.407 e. The lowest BCUT2D eigenvalue weighted by atomic mass is 10.2. The molecule has 1 aliphatic rings. The van der Waals surface area contributed by atoms with Gasteiger partial charge in [0.05, 0.1) is 0 Å². The van der Waals surface area contributed by atoms with Crippen LogP contribution in [-0.2, 0) is 4.74 Å². The van der Waals surface area contributed by atoms with Gasteiger partial charge in [-0.15, -0.1) is 24.0 Å². The molecule has 0 radical (unpaired) electrons. The fourth-order valence-electron chi connectivity index (χ4n) is 1.79. The van der Waals surface area contributed by atoms with Gasteiger partial charge in [0.15, 0.2) is 5.96 Å². The molecule has 130 valence electrons. The van der Waals surface area contributed by atoms with Gasteiger partial charge in [0.25, 0.3) is 0 Å². The Kier molecular flexibility index (Phi) is 9.79. The number of aliphatic imine (C=N–C) groups is 1. The second-order valence-corrected chi connectivity index (χ2v) is 6.51. The van der Waals surface area contributed by atoms with Crippen molar-refractivity contribution in [3.63, 3.8) is 0 Å². The van der Waals surface area contributed by atoms with Crippen molar-refractivity contribution in [3.8, 4) is 0 Å². The Labute approximate surface area is 151 Å². The number of hydrogen-bond acceptors (Lipinski definition) is 3. The number of amides is 1. The minimum absolute atomic E-state index is 0. The molecule has 0 aromatic rings. The zero-order valence-electron chi connectivity index (χ0n) is 14.4. The first kappa shape index (κ1) is 21.3. The molecule has 2 atom stereocenters. The normalized spacial score (nSPS) is 20.7. The molecule has 0 aliphatic heterocycles. The number of nitrogens with one attached hydrogen (secondary N) is 3. The summed E-state index contributed by atoms with van der Waals surface area (Å²) in [5.41, 5.74) is -0.453. The molecule has 0 bridgehead atoms. The molecule has 1 rings (SSSR count). The number of ether oxygens (including phenoxy) is 1. The Bertz CT molecular complexity index is 369. The first-order valence-electron chi connectivity index (χ1n) is 7.83. The zero-order chi connectivity index (χ0) is 15.9. The lowest BCUT2D eigenvalue weighted by Gasteiger charge is -2.19. The molecule has 0 aromatic heterocycles. The Hall–Kier alpha value is -0.730. The zero-order valence-corrected chi connectivity index (χ0v) is 16.7. The maximum absolute atomic E-state index is 11.5. The van der Waals surface area contributed by atoms with E-state index in [1.165, 1.54) is 6.42 Å². The van der Waals surface area contributed by atoms with Crippen LogP contribution in [0, 0.1) is 5.92 Å². The van der Waals surface area contributed by atoms with Gasteiger partial charge in [-0.25, -0.2) is 4.79 Å². The summed E-state index contributed by atoms with van der Waals surface area (Å²) in [4.78, 5) is 16.0. The number of carbonyl (C=O) groups is 1. The molecule has 2 unspecified atom stereocenters. The average Bonchev–Trinajstić information content (AvgIpc) is 3.02. The summed E-state index contributed by atoms with van der Waals surface area (Å²) >= 11 is 0. The molecule has 6 nitrogen and oxygen atoms in total. The highest BCUT2D eigenvalue weighted by Crippen LogP contribution is 2.28. The molecule has 0 saturated heterocycles. The van der Waals surface area contributed by atoms with E-state index >= 15 is 0 Å². The van der Waals surface area contributed by atoms with E-state index in [4.69, 9.17) is 4.74 Å². The van der Waals surface area contributed by atoms with E-state index in [1.807, 2.05) is 20.8 Å². The molecule has 7 heteroatoms. The second-order valence-electron chi connectivity index (χ2n) is 6.51. The van der Waals surface area contributed by atoms with E-state index in [2.05, 4.69) is 34.8 Å². The second kappa shape index (κ2) is 10.1. The highest BCUT2D eigenvalue weighted by Gasteiger charge is 2.33. The van der Waals surface area contributed by atoms with Crippen LogP contribution in [0.15, 0.2) is 4.99 Å². The summed E-state index contributed by atoms with van der Waals surface area (Å²) < 4.78 is 5.17. The number of carbonyl (C=O) groups excluding carboxylic acids is 1. The minimum atomic E-state index is -0.453. The summed E-state index contributed by atoms with van der Waals surface area (Å²) in [5.74, 6) is 1.60. The Morgan fingerprint density at radius 1 is 1.32 bits per heavy atom. The quantitative estimate of drug-likeness (QED) is 0.264.